The summed E-state index contributed by atoms with van der Waals surface area (Å²) in [6.45, 7) is 18.0. The fourth-order valence-corrected chi connectivity index (χ4v) is 11.0. The van der Waals surface area contributed by atoms with Crippen molar-refractivity contribution in [1.82, 2.24) is 9.62 Å². The quantitative estimate of drug-likeness (QED) is 0.220. The van der Waals surface area contributed by atoms with Crippen LogP contribution >= 0.6 is 11.6 Å². The number of carbonyl (C=O) groups excluding carboxylic acids is 1. The molecule has 2 aromatic carbocycles. The summed E-state index contributed by atoms with van der Waals surface area (Å²) in [6, 6.07) is 11.9. The summed E-state index contributed by atoms with van der Waals surface area (Å²) in [5.41, 5.74) is 2.79. The van der Waals surface area contributed by atoms with Gasteiger partial charge in [-0.25, -0.2) is 10.8 Å². The molecule has 268 valence electrons. The van der Waals surface area contributed by atoms with Crippen molar-refractivity contribution in [3.63, 3.8) is 0 Å². The van der Waals surface area contributed by atoms with Gasteiger partial charge in [-0.05, 0) is 111 Å². The van der Waals surface area contributed by atoms with Gasteiger partial charge >= 0.3 is 0 Å². The lowest BCUT2D eigenvalue weighted by Gasteiger charge is -2.53. The maximum atomic E-state index is 14.0. The van der Waals surface area contributed by atoms with Crippen LogP contribution in [-0.2, 0) is 26.3 Å². The summed E-state index contributed by atoms with van der Waals surface area (Å²) in [5, 5.41) is 0.401. The Kier molecular flexibility index (Phi) is 9.33. The molecular weight excluding hydrogens is 668 g/mol. The maximum Gasteiger partial charge on any atom is 0.262 e. The lowest BCUT2D eigenvalue weighted by molar-refractivity contribution is -0.104. The number of benzene rings is 2. The number of allylic oxidation sites excluding steroid dienone is 1. The van der Waals surface area contributed by atoms with Crippen LogP contribution in [0.15, 0.2) is 48.6 Å². The molecule has 1 amide bonds. The minimum Gasteiger partial charge on any atom is -0.490 e. The third-order valence-electron chi connectivity index (χ3n) is 12.6. The normalized spacial score (nSPS) is 35.9. The van der Waals surface area contributed by atoms with Crippen LogP contribution in [0.3, 0.4) is 0 Å². The highest BCUT2D eigenvalue weighted by atomic mass is 35.5. The number of halogens is 1. The van der Waals surface area contributed by atoms with Gasteiger partial charge in [-0.3, -0.25) is 14.4 Å². The van der Waals surface area contributed by atoms with Crippen LogP contribution < -0.4 is 14.4 Å². The minimum absolute atomic E-state index is 0.00555. The topological polar surface area (TPSA) is 75.5 Å². The molecule has 1 spiro atoms. The monoisotopic (exact) mass is 718 g/mol. The van der Waals surface area contributed by atoms with Gasteiger partial charge in [0.05, 0.1) is 35.1 Å². The molecule has 3 heterocycles. The van der Waals surface area contributed by atoms with Crippen LogP contribution in [0.25, 0.3) is 4.85 Å². The zero-order valence-electron chi connectivity index (χ0n) is 29.9. The Labute approximate surface area is 303 Å². The van der Waals surface area contributed by atoms with Gasteiger partial charge in [-0.15, -0.1) is 0 Å². The number of rotatable bonds is 3. The van der Waals surface area contributed by atoms with Crippen molar-refractivity contribution in [2.75, 3.05) is 51.3 Å². The SMILES string of the molecule is [C-]#[N+]C1(C)CN(C[C@]2(OC)/C=C/C[C@H](C)[C@@H](C)S(=C)(=O)NC(=O)c3ccc4c(c3)N(C[C@@H]3CC[C@H]32)C[C@@]2(CCCc3cc(Cl)ccc32)CO4)C1. The molecule has 3 aliphatic heterocycles. The first-order valence-corrected chi connectivity index (χ1v) is 20.3. The van der Waals surface area contributed by atoms with E-state index in [4.69, 9.17) is 27.6 Å². The highest BCUT2D eigenvalue weighted by molar-refractivity contribution is 7.99. The lowest BCUT2D eigenvalue weighted by atomic mass is 9.63. The number of nitrogens with zero attached hydrogens (tertiary/aromatic N) is 3. The van der Waals surface area contributed by atoms with E-state index in [1.807, 2.05) is 39.2 Å². The Balaban J connectivity index is 1.31. The molecule has 7 atom stereocenters. The van der Waals surface area contributed by atoms with E-state index in [9.17, 15) is 9.00 Å². The van der Waals surface area contributed by atoms with Gasteiger partial charge in [0.2, 0.25) is 0 Å². The minimum atomic E-state index is -2.97. The number of hydrogen-bond acceptors (Lipinski definition) is 6. The molecule has 1 saturated carbocycles. The molecule has 2 aliphatic carbocycles. The molecule has 50 heavy (non-hydrogen) atoms. The first-order chi connectivity index (χ1) is 23.8. The molecule has 7 rings (SSSR count). The molecule has 0 aromatic heterocycles. The predicted octanol–water partition coefficient (Wildman–Crippen LogP) is 6.56. The highest BCUT2D eigenvalue weighted by Gasteiger charge is 2.53. The van der Waals surface area contributed by atoms with E-state index in [1.165, 1.54) is 11.1 Å². The number of aryl methyl sites for hydroxylation is 1. The number of ether oxygens (including phenoxy) is 2. The number of carbonyl (C=O) groups is 1. The fourth-order valence-electron chi connectivity index (χ4n) is 9.35. The number of amides is 1. The molecule has 2 aromatic rings. The van der Waals surface area contributed by atoms with Crippen molar-refractivity contribution in [1.29, 1.82) is 0 Å². The standard InChI is InChI=1S/C40H51ClN4O4S/c1-27-9-7-18-40(48-5,25-44-22-38(3,23-44)42-4)34-14-11-31(34)21-45-24-39(17-8-10-29-19-32(41)13-15-33(29)39)26-49-36-16-12-30(20-35(36)45)37(46)43-50(6,47)28(27)2/h7,12-13,15-16,18-20,27-28,31,34H,6,8-11,14,17,21-26H2,1-3,5H3,(H,43,46,47)/b18-7+/t27-,28+,31-,34+,39-,40+,50?/m0/s1. The van der Waals surface area contributed by atoms with Crippen LogP contribution in [-0.4, -0.2) is 83.7 Å². The number of hydrogen-bond donors (Lipinski definition) is 1. The van der Waals surface area contributed by atoms with Crippen molar-refractivity contribution in [2.45, 2.75) is 81.1 Å². The summed E-state index contributed by atoms with van der Waals surface area (Å²) in [4.78, 5) is 22.5. The smallest absolute Gasteiger partial charge is 0.262 e. The van der Waals surface area contributed by atoms with E-state index >= 15 is 0 Å². The fraction of sp³-hybridized carbons (Fsp3) is 0.575. The zero-order chi connectivity index (χ0) is 35.5. The van der Waals surface area contributed by atoms with Gasteiger partial charge < -0.3 is 19.2 Å². The molecule has 0 radical (unpaired) electrons. The molecule has 2 bridgehead atoms. The second-order valence-corrected chi connectivity index (χ2v) is 19.0. The van der Waals surface area contributed by atoms with Gasteiger partial charge in [0.25, 0.3) is 11.4 Å². The molecule has 8 nitrogen and oxygen atoms in total. The highest BCUT2D eigenvalue weighted by Crippen LogP contribution is 2.49. The Morgan fingerprint density at radius 3 is 2.70 bits per heavy atom. The Bertz CT molecular complexity index is 1830. The average Bonchev–Trinajstić information content (AvgIpc) is 3.21. The summed E-state index contributed by atoms with van der Waals surface area (Å²) in [6.07, 6.45) is 10.3. The van der Waals surface area contributed by atoms with Gasteiger partial charge in [0.15, 0.2) is 0 Å². The van der Waals surface area contributed by atoms with E-state index in [2.05, 4.69) is 56.4 Å². The molecular formula is C40H51ClN4O4S. The number of fused-ring (bicyclic) bond motifs is 4. The van der Waals surface area contributed by atoms with Crippen molar-refractivity contribution < 1.29 is 18.5 Å². The lowest BCUT2D eigenvalue weighted by Crippen LogP contribution is -2.64. The summed E-state index contributed by atoms with van der Waals surface area (Å²) in [7, 11) is -1.14. The Morgan fingerprint density at radius 2 is 1.98 bits per heavy atom. The second kappa shape index (κ2) is 13.2. The second-order valence-electron chi connectivity index (χ2n) is 16.1. The van der Waals surface area contributed by atoms with Crippen molar-refractivity contribution >= 4 is 38.8 Å². The van der Waals surface area contributed by atoms with E-state index in [0.29, 0.717) is 24.5 Å². The van der Waals surface area contributed by atoms with E-state index in [1.54, 1.807) is 6.07 Å². The first-order valence-electron chi connectivity index (χ1n) is 18.1. The Morgan fingerprint density at radius 1 is 1.18 bits per heavy atom. The van der Waals surface area contributed by atoms with E-state index in [0.717, 1.165) is 81.3 Å². The van der Waals surface area contributed by atoms with Crippen LogP contribution in [0.2, 0.25) is 5.02 Å². The van der Waals surface area contributed by atoms with Crippen molar-refractivity contribution in [3.8, 4) is 5.75 Å². The maximum absolute atomic E-state index is 14.0. The molecule has 2 fully saturated rings. The Hall–Kier alpha value is -3.03. The molecule has 1 N–H and O–H groups in total. The average molecular weight is 719 g/mol. The van der Waals surface area contributed by atoms with Crippen molar-refractivity contribution in [3.05, 3.63) is 81.7 Å². The molecule has 10 heteroatoms. The van der Waals surface area contributed by atoms with Gasteiger partial charge in [0.1, 0.15) is 11.4 Å². The van der Waals surface area contributed by atoms with Crippen LogP contribution in [0, 0.1) is 24.3 Å². The van der Waals surface area contributed by atoms with Gasteiger partial charge in [-0.1, -0.05) is 36.7 Å². The third-order valence-corrected chi connectivity index (χ3v) is 15.1. The largest absolute Gasteiger partial charge is 0.490 e. The number of likely N-dealkylation sites (tertiary alicyclic amines) is 1. The molecule has 5 aliphatic rings. The number of methoxy groups -OCH3 is 1. The van der Waals surface area contributed by atoms with Gasteiger partial charge in [0, 0.05) is 54.9 Å². The third kappa shape index (κ3) is 6.35. The first kappa shape index (κ1) is 35.4. The van der Waals surface area contributed by atoms with E-state index in [-0.39, 0.29) is 33.9 Å². The number of nitrogens with one attached hydrogen (secondary N) is 1. The zero-order valence-corrected chi connectivity index (χ0v) is 31.5. The summed E-state index contributed by atoms with van der Waals surface area (Å²) >= 11 is 6.49. The molecule has 1 saturated heterocycles. The van der Waals surface area contributed by atoms with E-state index < -0.39 is 15.3 Å². The van der Waals surface area contributed by atoms with Crippen molar-refractivity contribution in [2.24, 2.45) is 17.8 Å². The summed E-state index contributed by atoms with van der Waals surface area (Å²) < 4.78 is 30.1. The number of anilines is 1. The van der Waals surface area contributed by atoms with Crippen LogP contribution in [0.1, 0.15) is 74.4 Å². The van der Waals surface area contributed by atoms with Crippen LogP contribution in [0.5, 0.6) is 5.75 Å². The van der Waals surface area contributed by atoms with Gasteiger partial charge in [-0.2, -0.15) is 0 Å². The van der Waals surface area contributed by atoms with Crippen LogP contribution in [0.4, 0.5) is 5.69 Å². The predicted molar refractivity (Wildman–Crippen MR) is 203 cm³/mol. The summed E-state index contributed by atoms with van der Waals surface area (Å²) in [5.74, 6) is 5.02. The molecule has 1 unspecified atom stereocenters.